The van der Waals surface area contributed by atoms with Crippen LogP contribution in [-0.4, -0.2) is 45.6 Å². The highest BCUT2D eigenvalue weighted by molar-refractivity contribution is 7.86. The number of amides is 1. The molecule has 0 saturated heterocycles. The van der Waals surface area contributed by atoms with E-state index in [1.54, 1.807) is 19.2 Å². The van der Waals surface area contributed by atoms with Gasteiger partial charge >= 0.3 is 10.1 Å². The molecule has 34 heavy (non-hydrogen) atoms. The van der Waals surface area contributed by atoms with Crippen molar-refractivity contribution in [1.29, 1.82) is 0 Å². The smallest absolute Gasteiger partial charge is 0.306 e. The maximum Gasteiger partial charge on any atom is 0.306 e. The van der Waals surface area contributed by atoms with Crippen LogP contribution in [0.25, 0.3) is 11.1 Å². The van der Waals surface area contributed by atoms with Crippen LogP contribution in [0.15, 0.2) is 77.8 Å². The molecule has 0 spiro atoms. The molecule has 1 aliphatic heterocycles. The van der Waals surface area contributed by atoms with Crippen molar-refractivity contribution in [1.82, 2.24) is 4.90 Å². The number of guanidine groups is 1. The van der Waals surface area contributed by atoms with Crippen LogP contribution < -0.4 is 14.7 Å². The third kappa shape index (κ3) is 4.57. The second kappa shape index (κ2) is 9.36. The molecule has 8 nitrogen and oxygen atoms in total. The van der Waals surface area contributed by atoms with Gasteiger partial charge in [-0.3, -0.25) is 9.69 Å². The lowest BCUT2D eigenvalue weighted by atomic mass is 9.82. The number of hydrogen-bond donors (Lipinski definition) is 1. The molecule has 10 heteroatoms. The molecule has 0 fully saturated rings. The van der Waals surface area contributed by atoms with E-state index in [9.17, 15) is 13.2 Å². The number of nitrogens with two attached hydrogens (primary N) is 1. The number of methoxy groups -OCH3 is 1. The monoisotopic (exact) mass is 501 g/mol. The minimum atomic E-state index is -3.73. The van der Waals surface area contributed by atoms with Gasteiger partial charge in [-0.05, 0) is 40.5 Å². The maximum atomic E-state index is 13.4. The van der Waals surface area contributed by atoms with E-state index in [-0.39, 0.29) is 30.0 Å². The largest absolute Gasteiger partial charge is 0.497 e. The van der Waals surface area contributed by atoms with E-state index >= 15 is 0 Å². The molecule has 1 atom stereocenters. The fourth-order valence-electron chi connectivity index (χ4n) is 3.87. The molecular formula is C24H24ClN3O5S. The van der Waals surface area contributed by atoms with Gasteiger partial charge in [0.25, 0.3) is 5.91 Å². The normalized spacial score (nSPS) is 17.7. The third-order valence-electron chi connectivity index (χ3n) is 5.41. The summed E-state index contributed by atoms with van der Waals surface area (Å²) in [6.07, 6.45) is 0.973. The standard InChI is InChI=1S/C24H23N3O5S.ClH/c1-27-22(28)24(26-23(27)25,18-9-5-4-6-10-18)19-11-7-8-16(12-19)17-13-20(31-2)15-21(14-17)32-33(3,29)30;/h4-15H,1-3H3,(H2,25,26);1H/t24-;/m1./s1. The number of rotatable bonds is 6. The number of ether oxygens (including phenoxy) is 1. The zero-order valence-electron chi connectivity index (χ0n) is 18.8. The van der Waals surface area contributed by atoms with Crippen LogP contribution >= 0.6 is 12.4 Å². The van der Waals surface area contributed by atoms with Gasteiger partial charge in [-0.1, -0.05) is 48.5 Å². The second-order valence-electron chi connectivity index (χ2n) is 7.68. The van der Waals surface area contributed by atoms with Gasteiger partial charge in [-0.2, -0.15) is 8.42 Å². The van der Waals surface area contributed by atoms with Gasteiger partial charge in [0, 0.05) is 13.1 Å². The molecule has 0 saturated carbocycles. The first-order chi connectivity index (χ1) is 15.6. The maximum absolute atomic E-state index is 13.4. The zero-order chi connectivity index (χ0) is 23.8. The van der Waals surface area contributed by atoms with Gasteiger partial charge in [-0.15, -0.1) is 12.4 Å². The quantitative estimate of drug-likeness (QED) is 0.519. The summed E-state index contributed by atoms with van der Waals surface area (Å²) in [6.45, 7) is 0. The summed E-state index contributed by atoms with van der Waals surface area (Å²) in [6, 6.07) is 21.4. The molecule has 178 valence electrons. The highest BCUT2D eigenvalue weighted by atomic mass is 35.5. The second-order valence-corrected chi connectivity index (χ2v) is 9.25. The number of carbonyl (C=O) groups is 1. The SMILES string of the molecule is COc1cc(OS(C)(=O)=O)cc(-c2cccc([C@@]3(c4ccccc4)N=C(N)N(C)C3=O)c2)c1.Cl. The van der Waals surface area contributed by atoms with E-state index in [4.69, 9.17) is 14.7 Å². The van der Waals surface area contributed by atoms with E-state index in [1.807, 2.05) is 54.6 Å². The Hall–Kier alpha value is -3.56. The topological polar surface area (TPSA) is 111 Å². The lowest BCUT2D eigenvalue weighted by Gasteiger charge is -2.26. The molecule has 0 aliphatic carbocycles. The zero-order valence-corrected chi connectivity index (χ0v) is 20.4. The fourth-order valence-corrected chi connectivity index (χ4v) is 4.31. The van der Waals surface area contributed by atoms with Gasteiger partial charge in [0.05, 0.1) is 13.4 Å². The molecule has 1 heterocycles. The van der Waals surface area contributed by atoms with Gasteiger partial charge in [-0.25, -0.2) is 4.99 Å². The van der Waals surface area contributed by atoms with Crippen LogP contribution in [0.5, 0.6) is 11.5 Å². The summed E-state index contributed by atoms with van der Waals surface area (Å²) in [5, 5.41) is 0. The van der Waals surface area contributed by atoms with Crippen LogP contribution in [0.1, 0.15) is 11.1 Å². The van der Waals surface area contributed by atoms with Crippen molar-refractivity contribution < 1.29 is 22.1 Å². The van der Waals surface area contributed by atoms with Gasteiger partial charge in [0.15, 0.2) is 11.5 Å². The molecular weight excluding hydrogens is 478 g/mol. The highest BCUT2D eigenvalue weighted by Gasteiger charge is 2.49. The van der Waals surface area contributed by atoms with Crippen molar-refractivity contribution in [3.8, 4) is 22.6 Å². The third-order valence-corrected chi connectivity index (χ3v) is 5.90. The van der Waals surface area contributed by atoms with E-state index in [1.165, 1.54) is 18.1 Å². The Morgan fingerprint density at radius 3 is 2.15 bits per heavy atom. The van der Waals surface area contributed by atoms with Crippen molar-refractivity contribution >= 4 is 34.4 Å². The van der Waals surface area contributed by atoms with Gasteiger partial charge in [0.2, 0.25) is 0 Å². The summed E-state index contributed by atoms with van der Waals surface area (Å²) < 4.78 is 33.7. The Morgan fingerprint density at radius 2 is 1.56 bits per heavy atom. The molecule has 3 aromatic rings. The number of aliphatic imine (C=N–C) groups is 1. The number of nitrogens with zero attached hydrogens (tertiary/aromatic N) is 2. The first-order valence-corrected chi connectivity index (χ1v) is 11.8. The first-order valence-electron chi connectivity index (χ1n) is 10.0. The van der Waals surface area contributed by atoms with E-state index in [0.29, 0.717) is 22.4 Å². The predicted molar refractivity (Wildman–Crippen MR) is 133 cm³/mol. The van der Waals surface area contributed by atoms with E-state index < -0.39 is 15.7 Å². The van der Waals surface area contributed by atoms with Crippen molar-refractivity contribution in [2.75, 3.05) is 20.4 Å². The average Bonchev–Trinajstić information content (AvgIpc) is 3.03. The Morgan fingerprint density at radius 1 is 0.912 bits per heavy atom. The lowest BCUT2D eigenvalue weighted by Crippen LogP contribution is -2.41. The lowest BCUT2D eigenvalue weighted by molar-refractivity contribution is -0.129. The number of halogens is 1. The van der Waals surface area contributed by atoms with Crippen LogP contribution in [-0.2, 0) is 20.5 Å². The Kier molecular flexibility index (Phi) is 6.90. The molecule has 0 aromatic heterocycles. The first kappa shape index (κ1) is 25.1. The number of likely N-dealkylation sites (N-methyl/N-ethyl adjacent to an activating group) is 1. The Labute approximate surface area is 204 Å². The molecule has 1 amide bonds. The van der Waals surface area contributed by atoms with Crippen LogP contribution in [0.4, 0.5) is 0 Å². The van der Waals surface area contributed by atoms with E-state index in [2.05, 4.69) is 4.99 Å². The minimum Gasteiger partial charge on any atom is -0.497 e. The average molecular weight is 502 g/mol. The number of hydrogen-bond acceptors (Lipinski definition) is 7. The molecule has 0 unspecified atom stereocenters. The molecule has 2 N–H and O–H groups in total. The molecule has 1 aliphatic rings. The predicted octanol–water partition coefficient (Wildman–Crippen LogP) is 3.15. The molecule has 3 aromatic carbocycles. The fraction of sp³-hybridized carbons (Fsp3) is 0.167. The van der Waals surface area contributed by atoms with Crippen molar-refractivity contribution in [3.05, 3.63) is 83.9 Å². The van der Waals surface area contributed by atoms with E-state index in [0.717, 1.165) is 11.8 Å². The summed E-state index contributed by atoms with van der Waals surface area (Å²) >= 11 is 0. The number of benzene rings is 3. The van der Waals surface area contributed by atoms with Crippen LogP contribution in [0, 0.1) is 0 Å². The van der Waals surface area contributed by atoms with Crippen LogP contribution in [0.3, 0.4) is 0 Å². The molecule has 4 rings (SSSR count). The Bertz CT molecular complexity index is 1360. The summed E-state index contributed by atoms with van der Waals surface area (Å²) in [5.41, 5.74) is 7.39. The summed E-state index contributed by atoms with van der Waals surface area (Å²) in [5.74, 6) is 0.400. The summed E-state index contributed by atoms with van der Waals surface area (Å²) in [7, 11) is -0.654. The highest BCUT2D eigenvalue weighted by Crippen LogP contribution is 2.41. The van der Waals surface area contributed by atoms with Crippen molar-refractivity contribution in [2.45, 2.75) is 5.54 Å². The van der Waals surface area contributed by atoms with Crippen molar-refractivity contribution in [2.24, 2.45) is 10.7 Å². The molecule has 0 bridgehead atoms. The van der Waals surface area contributed by atoms with Gasteiger partial charge in [0.1, 0.15) is 11.5 Å². The molecule has 0 radical (unpaired) electrons. The number of carbonyl (C=O) groups excluding carboxylic acids is 1. The van der Waals surface area contributed by atoms with Crippen molar-refractivity contribution in [3.63, 3.8) is 0 Å². The summed E-state index contributed by atoms with van der Waals surface area (Å²) in [4.78, 5) is 19.4. The minimum absolute atomic E-state index is 0. The Balaban J connectivity index is 0.00000324. The van der Waals surface area contributed by atoms with Crippen LogP contribution in [0.2, 0.25) is 0 Å². The van der Waals surface area contributed by atoms with Gasteiger partial charge < -0.3 is 14.7 Å².